The van der Waals surface area contributed by atoms with Crippen molar-refractivity contribution in [1.29, 1.82) is 0 Å². The number of piperazine rings is 1. The summed E-state index contributed by atoms with van der Waals surface area (Å²) in [6, 6.07) is 7.03. The average Bonchev–Trinajstić information content (AvgIpc) is 3.06. The predicted octanol–water partition coefficient (Wildman–Crippen LogP) is 4.10. The number of carbonyl (C=O) groups excluding carboxylic acids is 1. The van der Waals surface area contributed by atoms with Crippen LogP contribution in [0.4, 0.5) is 8.78 Å². The van der Waals surface area contributed by atoms with Crippen LogP contribution in [0.5, 0.6) is 0 Å². The Morgan fingerprint density at radius 3 is 2.42 bits per heavy atom. The third kappa shape index (κ3) is 3.59. The van der Waals surface area contributed by atoms with Gasteiger partial charge in [0.1, 0.15) is 11.3 Å². The lowest BCUT2D eigenvalue weighted by molar-refractivity contribution is 0.0577. The van der Waals surface area contributed by atoms with Gasteiger partial charge in [-0.2, -0.15) is 0 Å². The van der Waals surface area contributed by atoms with E-state index in [1.165, 1.54) is 0 Å². The lowest BCUT2D eigenvalue weighted by Crippen LogP contribution is -2.50. The zero-order valence-electron chi connectivity index (χ0n) is 14.6. The van der Waals surface area contributed by atoms with Crippen LogP contribution in [0, 0.1) is 0 Å². The molecule has 1 amide bonds. The quantitative estimate of drug-likeness (QED) is 0.797. The monoisotopic (exact) mass is 383 g/mol. The molecular weight excluding hydrogens is 364 g/mol. The minimum atomic E-state index is -2.94. The highest BCUT2D eigenvalue weighted by Crippen LogP contribution is 2.35. The summed E-state index contributed by atoms with van der Waals surface area (Å²) in [6.07, 6.45) is -2.94. The normalized spacial score (nSPS) is 15.9. The minimum absolute atomic E-state index is 0.0576. The molecule has 2 aromatic rings. The predicted molar refractivity (Wildman–Crippen MR) is 94.5 cm³/mol. The molecule has 5 nitrogen and oxygen atoms in total. The van der Waals surface area contributed by atoms with Gasteiger partial charge in [-0.05, 0) is 19.9 Å². The third-order valence-corrected chi connectivity index (χ3v) is 4.92. The Balaban J connectivity index is 1.95. The van der Waals surface area contributed by atoms with Crippen molar-refractivity contribution in [2.75, 3.05) is 26.2 Å². The van der Waals surface area contributed by atoms with E-state index in [0.717, 1.165) is 0 Å². The lowest BCUT2D eigenvalue weighted by Gasteiger charge is -2.36. The second-order valence-electron chi connectivity index (χ2n) is 6.47. The molecule has 0 atom stereocenters. The first-order valence-electron chi connectivity index (χ1n) is 8.46. The maximum absolute atomic E-state index is 13.4. The number of rotatable bonds is 4. The number of benzene rings is 1. The Labute approximate surface area is 155 Å². The Morgan fingerprint density at radius 2 is 1.85 bits per heavy atom. The van der Waals surface area contributed by atoms with Gasteiger partial charge in [0.25, 0.3) is 12.3 Å². The van der Waals surface area contributed by atoms with Crippen LogP contribution in [-0.2, 0) is 0 Å². The fraction of sp³-hybridized carbons (Fsp3) is 0.444. The van der Waals surface area contributed by atoms with Gasteiger partial charge in [0.2, 0.25) is 5.76 Å². The summed E-state index contributed by atoms with van der Waals surface area (Å²) in [6.45, 7) is 6.49. The van der Waals surface area contributed by atoms with Crippen molar-refractivity contribution in [2.45, 2.75) is 26.3 Å². The van der Waals surface area contributed by atoms with Crippen molar-refractivity contribution >= 4 is 17.5 Å². The van der Waals surface area contributed by atoms with Crippen molar-refractivity contribution in [1.82, 2.24) is 15.0 Å². The largest absolute Gasteiger partial charge is 0.354 e. The zero-order chi connectivity index (χ0) is 18.8. The molecule has 1 fully saturated rings. The van der Waals surface area contributed by atoms with Gasteiger partial charge in [-0.1, -0.05) is 35.0 Å². The number of hydrogen-bond acceptors (Lipinski definition) is 4. The average molecular weight is 384 g/mol. The maximum atomic E-state index is 13.4. The number of hydrogen-bond donors (Lipinski definition) is 0. The van der Waals surface area contributed by atoms with Gasteiger partial charge in [-0.3, -0.25) is 9.69 Å². The number of amides is 1. The zero-order valence-corrected chi connectivity index (χ0v) is 15.3. The van der Waals surface area contributed by atoms with Crippen LogP contribution < -0.4 is 0 Å². The molecule has 1 aliphatic rings. The Hall–Kier alpha value is -1.99. The number of nitrogens with zero attached hydrogens (tertiary/aromatic N) is 3. The number of halogens is 3. The highest BCUT2D eigenvalue weighted by molar-refractivity contribution is 6.33. The second-order valence-corrected chi connectivity index (χ2v) is 6.88. The van der Waals surface area contributed by atoms with E-state index in [4.69, 9.17) is 16.1 Å². The van der Waals surface area contributed by atoms with Crippen LogP contribution >= 0.6 is 11.6 Å². The SMILES string of the molecule is CC(C)N1CCN(C(=O)c2c(-c3ccccc3Cl)noc2C(F)F)CC1. The van der Waals surface area contributed by atoms with Crippen molar-refractivity contribution in [3.63, 3.8) is 0 Å². The van der Waals surface area contributed by atoms with E-state index in [1.54, 1.807) is 29.2 Å². The van der Waals surface area contributed by atoms with Gasteiger partial charge in [0.05, 0.1) is 5.02 Å². The van der Waals surface area contributed by atoms with E-state index < -0.39 is 18.1 Å². The van der Waals surface area contributed by atoms with Crippen molar-refractivity contribution < 1.29 is 18.1 Å². The molecule has 140 valence electrons. The van der Waals surface area contributed by atoms with E-state index in [2.05, 4.69) is 23.9 Å². The fourth-order valence-corrected chi connectivity index (χ4v) is 3.32. The van der Waals surface area contributed by atoms with E-state index in [9.17, 15) is 13.6 Å². The van der Waals surface area contributed by atoms with Gasteiger partial charge in [-0.25, -0.2) is 8.78 Å². The molecular formula is C18H20ClF2N3O2. The molecule has 0 aliphatic carbocycles. The molecule has 0 saturated carbocycles. The third-order valence-electron chi connectivity index (χ3n) is 4.59. The summed E-state index contributed by atoms with van der Waals surface area (Å²) in [5.41, 5.74) is 0.252. The molecule has 26 heavy (non-hydrogen) atoms. The van der Waals surface area contributed by atoms with E-state index in [0.29, 0.717) is 42.8 Å². The maximum Gasteiger partial charge on any atom is 0.298 e. The van der Waals surface area contributed by atoms with Gasteiger partial charge < -0.3 is 9.42 Å². The van der Waals surface area contributed by atoms with Crippen molar-refractivity contribution in [2.24, 2.45) is 0 Å². The number of alkyl halides is 2. The summed E-state index contributed by atoms with van der Waals surface area (Å²) >= 11 is 6.16. The van der Waals surface area contributed by atoms with Crippen LogP contribution in [-0.4, -0.2) is 53.1 Å². The fourth-order valence-electron chi connectivity index (χ4n) is 3.10. The van der Waals surface area contributed by atoms with Crippen LogP contribution in [0.1, 0.15) is 36.4 Å². The summed E-state index contributed by atoms with van der Waals surface area (Å²) in [5.74, 6) is -1.21. The van der Waals surface area contributed by atoms with E-state index in [-0.39, 0.29) is 11.3 Å². The van der Waals surface area contributed by atoms with Crippen molar-refractivity contribution in [3.8, 4) is 11.3 Å². The molecule has 1 aromatic heterocycles. The molecule has 0 bridgehead atoms. The molecule has 8 heteroatoms. The molecule has 0 N–H and O–H groups in total. The highest BCUT2D eigenvalue weighted by atomic mass is 35.5. The lowest BCUT2D eigenvalue weighted by atomic mass is 10.0. The summed E-state index contributed by atoms with van der Waals surface area (Å²) in [7, 11) is 0. The Kier molecular flexibility index (Phi) is 5.58. The summed E-state index contributed by atoms with van der Waals surface area (Å²) < 4.78 is 31.6. The molecule has 0 spiro atoms. The summed E-state index contributed by atoms with van der Waals surface area (Å²) in [5, 5.41) is 4.05. The Morgan fingerprint density at radius 1 is 1.19 bits per heavy atom. The molecule has 0 radical (unpaired) electrons. The molecule has 3 rings (SSSR count). The van der Waals surface area contributed by atoms with Gasteiger partial charge in [0, 0.05) is 37.8 Å². The highest BCUT2D eigenvalue weighted by Gasteiger charge is 2.34. The molecule has 1 aliphatic heterocycles. The molecule has 1 saturated heterocycles. The smallest absolute Gasteiger partial charge is 0.298 e. The van der Waals surface area contributed by atoms with Crippen LogP contribution in [0.3, 0.4) is 0 Å². The number of aromatic nitrogens is 1. The van der Waals surface area contributed by atoms with E-state index >= 15 is 0 Å². The van der Waals surface area contributed by atoms with Crippen molar-refractivity contribution in [3.05, 3.63) is 40.6 Å². The van der Waals surface area contributed by atoms with Crippen LogP contribution in [0.2, 0.25) is 5.02 Å². The van der Waals surface area contributed by atoms with Gasteiger partial charge in [0.15, 0.2) is 0 Å². The first-order valence-corrected chi connectivity index (χ1v) is 8.84. The first-order chi connectivity index (χ1) is 12.4. The molecule has 2 heterocycles. The first kappa shape index (κ1) is 18.8. The topological polar surface area (TPSA) is 49.6 Å². The number of carbonyl (C=O) groups is 1. The van der Waals surface area contributed by atoms with Crippen LogP contribution in [0.25, 0.3) is 11.3 Å². The standard InChI is InChI=1S/C18H20ClF2N3O2/c1-11(2)23-7-9-24(10-8-23)18(25)14-15(22-26-16(14)17(20)21)12-5-3-4-6-13(12)19/h3-6,11,17H,7-10H2,1-2H3. The second kappa shape index (κ2) is 7.72. The van der Waals surface area contributed by atoms with Crippen LogP contribution in [0.15, 0.2) is 28.8 Å². The molecule has 0 unspecified atom stereocenters. The minimum Gasteiger partial charge on any atom is -0.354 e. The van der Waals surface area contributed by atoms with Gasteiger partial charge >= 0.3 is 0 Å². The summed E-state index contributed by atoms with van der Waals surface area (Å²) in [4.78, 5) is 16.8. The van der Waals surface area contributed by atoms with E-state index in [1.807, 2.05) is 0 Å². The van der Waals surface area contributed by atoms with Gasteiger partial charge in [-0.15, -0.1) is 0 Å². The molecule has 1 aromatic carbocycles. The Bertz CT molecular complexity index is 786.